The fourth-order valence-corrected chi connectivity index (χ4v) is 3.95. The van der Waals surface area contributed by atoms with E-state index in [-0.39, 0.29) is 0 Å². The third-order valence-electron chi connectivity index (χ3n) is 4.78. The molecule has 0 unspecified atom stereocenters. The Labute approximate surface area is 92.7 Å². The fourth-order valence-electron chi connectivity index (χ4n) is 3.95. The molecular weight excluding hydrogens is 180 g/mol. The molecule has 0 heteroatoms. The average molecular weight is 200 g/mol. The summed E-state index contributed by atoms with van der Waals surface area (Å²) in [5.41, 5.74) is 3.25. The second-order valence-corrected chi connectivity index (χ2v) is 5.69. The largest absolute Gasteiger partial charge is 0.0622 e. The molecule has 0 bridgehead atoms. The van der Waals surface area contributed by atoms with E-state index in [1.807, 2.05) is 0 Å². The van der Waals surface area contributed by atoms with Crippen LogP contribution in [0.4, 0.5) is 0 Å². The molecule has 0 radical (unpaired) electrons. The normalized spacial score (nSPS) is 38.5. The molecule has 2 aliphatic rings. The molecule has 0 N–H and O–H groups in total. The standard InChI is InChI=1S/C15H20/c1-10-7-11(2)15-9-13-6-4-3-5-12(13)8-14(10)15/h3-6,10-11,14-15H,7-9H2,1-2H3/t10-,11-,14+,15+/m0/s1. The van der Waals surface area contributed by atoms with Crippen LogP contribution in [0.15, 0.2) is 24.3 Å². The molecule has 0 heterocycles. The van der Waals surface area contributed by atoms with E-state index in [9.17, 15) is 0 Å². The van der Waals surface area contributed by atoms with Crippen LogP contribution in [-0.2, 0) is 12.8 Å². The first-order valence-corrected chi connectivity index (χ1v) is 6.32. The third-order valence-corrected chi connectivity index (χ3v) is 4.78. The van der Waals surface area contributed by atoms with E-state index < -0.39 is 0 Å². The molecule has 0 aliphatic heterocycles. The van der Waals surface area contributed by atoms with E-state index in [0.29, 0.717) is 0 Å². The first kappa shape index (κ1) is 9.45. The lowest BCUT2D eigenvalue weighted by Crippen LogP contribution is -2.26. The van der Waals surface area contributed by atoms with Crippen molar-refractivity contribution in [2.24, 2.45) is 23.7 Å². The highest BCUT2D eigenvalue weighted by Gasteiger charge is 2.41. The van der Waals surface area contributed by atoms with Crippen molar-refractivity contribution in [3.05, 3.63) is 35.4 Å². The van der Waals surface area contributed by atoms with Gasteiger partial charge in [-0.25, -0.2) is 0 Å². The summed E-state index contributed by atoms with van der Waals surface area (Å²) in [6, 6.07) is 9.06. The second kappa shape index (κ2) is 3.37. The van der Waals surface area contributed by atoms with Crippen LogP contribution >= 0.6 is 0 Å². The molecule has 1 saturated carbocycles. The van der Waals surface area contributed by atoms with Crippen LogP contribution in [0.1, 0.15) is 31.4 Å². The van der Waals surface area contributed by atoms with Gasteiger partial charge in [0, 0.05) is 0 Å². The molecule has 2 aliphatic carbocycles. The summed E-state index contributed by atoms with van der Waals surface area (Å²) in [6.07, 6.45) is 4.13. The van der Waals surface area contributed by atoms with Crippen molar-refractivity contribution in [1.82, 2.24) is 0 Å². The molecule has 0 nitrogen and oxygen atoms in total. The van der Waals surface area contributed by atoms with E-state index in [4.69, 9.17) is 0 Å². The SMILES string of the molecule is C[C@H]1C[C@H](C)[C@H]2Cc3ccccc3C[C@@H]21. The van der Waals surface area contributed by atoms with Crippen LogP contribution in [0, 0.1) is 23.7 Å². The maximum absolute atomic E-state index is 2.45. The van der Waals surface area contributed by atoms with Crippen LogP contribution < -0.4 is 0 Å². The Hall–Kier alpha value is -0.780. The van der Waals surface area contributed by atoms with Gasteiger partial charge >= 0.3 is 0 Å². The van der Waals surface area contributed by atoms with Gasteiger partial charge in [0.05, 0.1) is 0 Å². The molecule has 0 saturated heterocycles. The summed E-state index contributed by atoms with van der Waals surface area (Å²) in [5, 5.41) is 0. The van der Waals surface area contributed by atoms with E-state index in [0.717, 1.165) is 23.7 Å². The first-order chi connectivity index (χ1) is 7.25. The predicted molar refractivity (Wildman–Crippen MR) is 63.8 cm³/mol. The lowest BCUT2D eigenvalue weighted by molar-refractivity contribution is 0.278. The highest BCUT2D eigenvalue weighted by molar-refractivity contribution is 5.31. The van der Waals surface area contributed by atoms with Crippen LogP contribution in [0.2, 0.25) is 0 Å². The Morgan fingerprint density at radius 2 is 1.33 bits per heavy atom. The highest BCUT2D eigenvalue weighted by Crippen LogP contribution is 2.47. The summed E-state index contributed by atoms with van der Waals surface area (Å²) in [4.78, 5) is 0. The van der Waals surface area contributed by atoms with Gasteiger partial charge in [0.1, 0.15) is 0 Å². The quantitative estimate of drug-likeness (QED) is 0.599. The van der Waals surface area contributed by atoms with Crippen molar-refractivity contribution >= 4 is 0 Å². The monoisotopic (exact) mass is 200 g/mol. The van der Waals surface area contributed by atoms with Gasteiger partial charge in [-0.15, -0.1) is 0 Å². The maximum Gasteiger partial charge on any atom is -0.0242 e. The predicted octanol–water partition coefficient (Wildman–Crippen LogP) is 3.69. The fraction of sp³-hybridized carbons (Fsp3) is 0.600. The Morgan fingerprint density at radius 1 is 0.867 bits per heavy atom. The molecule has 0 aromatic heterocycles. The molecule has 1 aromatic rings. The minimum atomic E-state index is 0.943. The molecule has 0 spiro atoms. The van der Waals surface area contributed by atoms with Gasteiger partial charge in [-0.1, -0.05) is 38.1 Å². The molecule has 1 fully saturated rings. The molecule has 4 atom stereocenters. The number of benzene rings is 1. The lowest BCUT2D eigenvalue weighted by atomic mass is 9.74. The molecule has 15 heavy (non-hydrogen) atoms. The smallest absolute Gasteiger partial charge is 0.0242 e. The Balaban J connectivity index is 1.96. The Kier molecular flexibility index (Phi) is 2.12. The van der Waals surface area contributed by atoms with Crippen molar-refractivity contribution < 1.29 is 0 Å². The van der Waals surface area contributed by atoms with Crippen LogP contribution in [0.3, 0.4) is 0 Å². The van der Waals surface area contributed by atoms with Crippen LogP contribution in [-0.4, -0.2) is 0 Å². The van der Waals surface area contributed by atoms with Crippen molar-refractivity contribution in [2.45, 2.75) is 33.1 Å². The minimum absolute atomic E-state index is 0.943. The molecule has 80 valence electrons. The van der Waals surface area contributed by atoms with Gasteiger partial charge in [0.15, 0.2) is 0 Å². The summed E-state index contributed by atoms with van der Waals surface area (Å²) < 4.78 is 0. The van der Waals surface area contributed by atoms with Gasteiger partial charge in [0.2, 0.25) is 0 Å². The van der Waals surface area contributed by atoms with Gasteiger partial charge in [0.25, 0.3) is 0 Å². The van der Waals surface area contributed by atoms with E-state index in [1.165, 1.54) is 19.3 Å². The molecule has 0 amide bonds. The molecule has 3 rings (SSSR count). The molecular formula is C15H20. The average Bonchev–Trinajstić information content (AvgIpc) is 2.52. The number of fused-ring (bicyclic) bond motifs is 2. The Bertz CT molecular complexity index is 331. The van der Waals surface area contributed by atoms with Gasteiger partial charge in [-0.05, 0) is 54.1 Å². The zero-order valence-corrected chi connectivity index (χ0v) is 9.74. The third kappa shape index (κ3) is 1.42. The summed E-state index contributed by atoms with van der Waals surface area (Å²) >= 11 is 0. The highest BCUT2D eigenvalue weighted by atomic mass is 14.5. The first-order valence-electron chi connectivity index (χ1n) is 6.32. The number of hydrogen-bond donors (Lipinski definition) is 0. The van der Waals surface area contributed by atoms with Crippen LogP contribution in [0.25, 0.3) is 0 Å². The minimum Gasteiger partial charge on any atom is -0.0622 e. The lowest BCUT2D eigenvalue weighted by Gasteiger charge is -2.31. The van der Waals surface area contributed by atoms with Crippen molar-refractivity contribution in [3.8, 4) is 0 Å². The second-order valence-electron chi connectivity index (χ2n) is 5.69. The van der Waals surface area contributed by atoms with Gasteiger partial charge < -0.3 is 0 Å². The summed E-state index contributed by atoms with van der Waals surface area (Å²) in [5.74, 6) is 3.82. The van der Waals surface area contributed by atoms with E-state index >= 15 is 0 Å². The van der Waals surface area contributed by atoms with Gasteiger partial charge in [-0.2, -0.15) is 0 Å². The molecule has 1 aromatic carbocycles. The maximum atomic E-state index is 2.45. The zero-order valence-electron chi connectivity index (χ0n) is 9.74. The number of hydrogen-bond acceptors (Lipinski definition) is 0. The van der Waals surface area contributed by atoms with Crippen molar-refractivity contribution in [1.29, 1.82) is 0 Å². The van der Waals surface area contributed by atoms with E-state index in [1.54, 1.807) is 11.1 Å². The van der Waals surface area contributed by atoms with Crippen molar-refractivity contribution in [3.63, 3.8) is 0 Å². The zero-order chi connectivity index (χ0) is 10.4. The topological polar surface area (TPSA) is 0 Å². The Morgan fingerprint density at radius 3 is 1.80 bits per heavy atom. The number of rotatable bonds is 0. The summed E-state index contributed by atoms with van der Waals surface area (Å²) in [6.45, 7) is 4.91. The summed E-state index contributed by atoms with van der Waals surface area (Å²) in [7, 11) is 0. The van der Waals surface area contributed by atoms with E-state index in [2.05, 4.69) is 38.1 Å². The van der Waals surface area contributed by atoms with Crippen molar-refractivity contribution in [2.75, 3.05) is 0 Å². The van der Waals surface area contributed by atoms with Gasteiger partial charge in [-0.3, -0.25) is 0 Å². The van der Waals surface area contributed by atoms with Crippen LogP contribution in [0.5, 0.6) is 0 Å².